The number of guanidine groups is 1. The Morgan fingerprint density at radius 1 is 1.03 bits per heavy atom. The maximum Gasteiger partial charge on any atom is 0.253 e. The lowest BCUT2D eigenvalue weighted by Crippen LogP contribution is -2.37. The van der Waals surface area contributed by atoms with Gasteiger partial charge >= 0.3 is 0 Å². The van der Waals surface area contributed by atoms with Crippen LogP contribution in [0.4, 0.5) is 5.69 Å². The van der Waals surface area contributed by atoms with Crippen molar-refractivity contribution in [2.45, 2.75) is 13.0 Å². The second kappa shape index (κ2) is 10.5. The van der Waals surface area contributed by atoms with Crippen LogP contribution >= 0.6 is 0 Å². The van der Waals surface area contributed by atoms with Crippen LogP contribution in [0.3, 0.4) is 0 Å². The zero-order chi connectivity index (χ0) is 21.3. The normalized spacial score (nSPS) is 13.4. The van der Waals surface area contributed by atoms with Crippen molar-refractivity contribution in [2.75, 3.05) is 45.7 Å². The molecule has 6 nitrogen and oxygen atoms in total. The zero-order valence-corrected chi connectivity index (χ0v) is 18.1. The third-order valence-corrected chi connectivity index (χ3v) is 5.06. The summed E-state index contributed by atoms with van der Waals surface area (Å²) in [6, 6.07) is 16.4. The highest BCUT2D eigenvalue weighted by Crippen LogP contribution is 2.18. The van der Waals surface area contributed by atoms with Crippen LogP contribution in [0, 0.1) is 0 Å². The standard InChI is InChI=1S/C24H31N5O/c1-25-24(26-13-12-19-8-6-10-21(16-19)23(30)28(2)3)27-18-20-9-7-11-22(17-20)29-14-4-5-15-29/h4-11,16-17H,12-15,18H2,1-3H3,(H2,25,26,27). The van der Waals surface area contributed by atoms with Crippen molar-refractivity contribution in [3.8, 4) is 0 Å². The number of rotatable bonds is 7. The van der Waals surface area contributed by atoms with Crippen molar-refractivity contribution in [2.24, 2.45) is 4.99 Å². The van der Waals surface area contributed by atoms with E-state index in [1.165, 1.54) is 11.3 Å². The summed E-state index contributed by atoms with van der Waals surface area (Å²) in [5.74, 6) is 0.790. The fraction of sp³-hybridized carbons (Fsp3) is 0.333. The molecular formula is C24H31N5O. The van der Waals surface area contributed by atoms with Gasteiger partial charge in [-0.3, -0.25) is 9.79 Å². The number of anilines is 1. The summed E-state index contributed by atoms with van der Waals surface area (Å²) in [7, 11) is 5.31. The van der Waals surface area contributed by atoms with Gasteiger partial charge in [0.1, 0.15) is 0 Å². The summed E-state index contributed by atoms with van der Waals surface area (Å²) < 4.78 is 0. The lowest BCUT2D eigenvalue weighted by Gasteiger charge is -2.19. The first-order valence-electron chi connectivity index (χ1n) is 10.3. The molecule has 0 spiro atoms. The van der Waals surface area contributed by atoms with Gasteiger partial charge in [0.2, 0.25) is 0 Å². The number of nitrogens with zero attached hydrogens (tertiary/aromatic N) is 3. The van der Waals surface area contributed by atoms with E-state index in [2.05, 4.69) is 56.9 Å². The molecule has 0 atom stereocenters. The second-order valence-electron chi connectivity index (χ2n) is 7.55. The Morgan fingerprint density at radius 2 is 1.77 bits per heavy atom. The number of carbonyl (C=O) groups is 1. The third kappa shape index (κ3) is 5.86. The second-order valence-corrected chi connectivity index (χ2v) is 7.55. The Hall–Kier alpha value is -3.28. The Morgan fingerprint density at radius 3 is 2.50 bits per heavy atom. The van der Waals surface area contributed by atoms with Gasteiger partial charge in [0, 0.05) is 58.6 Å². The highest BCUT2D eigenvalue weighted by atomic mass is 16.2. The molecule has 2 N–H and O–H groups in total. The molecule has 0 bridgehead atoms. The molecule has 0 aromatic heterocycles. The molecule has 0 radical (unpaired) electrons. The van der Waals surface area contributed by atoms with Gasteiger partial charge in [0.05, 0.1) is 0 Å². The molecular weight excluding hydrogens is 374 g/mol. The lowest BCUT2D eigenvalue weighted by molar-refractivity contribution is 0.0827. The Balaban J connectivity index is 1.48. The van der Waals surface area contributed by atoms with Gasteiger partial charge in [-0.15, -0.1) is 0 Å². The molecule has 0 saturated heterocycles. The lowest BCUT2D eigenvalue weighted by atomic mass is 10.1. The van der Waals surface area contributed by atoms with E-state index < -0.39 is 0 Å². The van der Waals surface area contributed by atoms with Gasteiger partial charge < -0.3 is 20.4 Å². The molecule has 6 heteroatoms. The molecule has 30 heavy (non-hydrogen) atoms. The van der Waals surface area contributed by atoms with E-state index in [0.29, 0.717) is 12.1 Å². The van der Waals surface area contributed by atoms with E-state index in [1.807, 2.05) is 24.3 Å². The topological polar surface area (TPSA) is 60.0 Å². The molecule has 0 fully saturated rings. The molecule has 2 aromatic rings. The summed E-state index contributed by atoms with van der Waals surface area (Å²) in [5, 5.41) is 6.73. The first kappa shape index (κ1) is 21.4. The number of carbonyl (C=O) groups excluding carboxylic acids is 1. The Kier molecular flexibility index (Phi) is 7.49. The fourth-order valence-corrected chi connectivity index (χ4v) is 3.40. The molecule has 0 aliphatic carbocycles. The minimum absolute atomic E-state index is 0.0224. The van der Waals surface area contributed by atoms with Crippen LogP contribution in [-0.4, -0.2) is 57.5 Å². The van der Waals surface area contributed by atoms with Crippen LogP contribution < -0.4 is 15.5 Å². The van der Waals surface area contributed by atoms with Crippen molar-refractivity contribution in [1.29, 1.82) is 0 Å². The van der Waals surface area contributed by atoms with Crippen LogP contribution in [0.25, 0.3) is 0 Å². The van der Waals surface area contributed by atoms with Crippen molar-refractivity contribution >= 4 is 17.6 Å². The van der Waals surface area contributed by atoms with E-state index in [4.69, 9.17) is 0 Å². The van der Waals surface area contributed by atoms with Crippen LogP contribution in [-0.2, 0) is 13.0 Å². The summed E-state index contributed by atoms with van der Waals surface area (Å²) >= 11 is 0. The van der Waals surface area contributed by atoms with Gasteiger partial charge in [-0.25, -0.2) is 0 Å². The predicted octanol–water partition coefficient (Wildman–Crippen LogP) is 2.67. The monoisotopic (exact) mass is 405 g/mol. The number of nitrogens with one attached hydrogen (secondary N) is 2. The van der Waals surface area contributed by atoms with E-state index in [0.717, 1.165) is 37.6 Å². The molecule has 0 unspecified atom stereocenters. The molecule has 2 aromatic carbocycles. The summed E-state index contributed by atoms with van der Waals surface area (Å²) in [6.45, 7) is 3.39. The van der Waals surface area contributed by atoms with E-state index in [1.54, 1.807) is 26.0 Å². The van der Waals surface area contributed by atoms with Gasteiger partial charge in [0.25, 0.3) is 5.91 Å². The van der Waals surface area contributed by atoms with Gasteiger partial charge in [-0.2, -0.15) is 0 Å². The average molecular weight is 406 g/mol. The van der Waals surface area contributed by atoms with Gasteiger partial charge in [-0.05, 0) is 41.8 Å². The SMILES string of the molecule is CN=C(NCCc1cccc(C(=O)N(C)C)c1)NCc1cccc(N2CC=CC2)c1. The summed E-state index contributed by atoms with van der Waals surface area (Å²) in [6.07, 6.45) is 5.21. The minimum atomic E-state index is 0.0224. The first-order valence-corrected chi connectivity index (χ1v) is 10.3. The highest BCUT2D eigenvalue weighted by molar-refractivity contribution is 5.94. The van der Waals surface area contributed by atoms with Crippen LogP contribution in [0.1, 0.15) is 21.5 Å². The Bertz CT molecular complexity index is 911. The van der Waals surface area contributed by atoms with Crippen LogP contribution in [0.2, 0.25) is 0 Å². The predicted molar refractivity (Wildman–Crippen MR) is 124 cm³/mol. The molecule has 3 rings (SSSR count). The van der Waals surface area contributed by atoms with E-state index >= 15 is 0 Å². The average Bonchev–Trinajstić information content (AvgIpc) is 3.31. The molecule has 158 valence electrons. The molecule has 0 saturated carbocycles. The number of amides is 1. The molecule has 1 amide bonds. The number of benzene rings is 2. The number of hydrogen-bond donors (Lipinski definition) is 2. The molecule has 1 aliphatic rings. The maximum absolute atomic E-state index is 12.1. The quantitative estimate of drug-likeness (QED) is 0.422. The van der Waals surface area contributed by atoms with Gasteiger partial charge in [0.15, 0.2) is 5.96 Å². The number of aliphatic imine (C=N–C) groups is 1. The van der Waals surface area contributed by atoms with Crippen molar-refractivity contribution in [1.82, 2.24) is 15.5 Å². The van der Waals surface area contributed by atoms with E-state index in [-0.39, 0.29) is 5.91 Å². The third-order valence-electron chi connectivity index (χ3n) is 5.06. The van der Waals surface area contributed by atoms with Crippen LogP contribution in [0.15, 0.2) is 65.7 Å². The van der Waals surface area contributed by atoms with Crippen molar-refractivity contribution < 1.29 is 4.79 Å². The fourth-order valence-electron chi connectivity index (χ4n) is 3.40. The molecule has 1 aliphatic heterocycles. The highest BCUT2D eigenvalue weighted by Gasteiger charge is 2.09. The first-order chi connectivity index (χ1) is 14.6. The van der Waals surface area contributed by atoms with Crippen molar-refractivity contribution in [3.63, 3.8) is 0 Å². The smallest absolute Gasteiger partial charge is 0.253 e. The van der Waals surface area contributed by atoms with Crippen LogP contribution in [0.5, 0.6) is 0 Å². The molecule has 1 heterocycles. The maximum atomic E-state index is 12.1. The summed E-state index contributed by atoms with van der Waals surface area (Å²) in [5.41, 5.74) is 4.30. The minimum Gasteiger partial charge on any atom is -0.364 e. The Labute approximate surface area is 179 Å². The summed E-state index contributed by atoms with van der Waals surface area (Å²) in [4.78, 5) is 20.4. The zero-order valence-electron chi connectivity index (χ0n) is 18.1. The van der Waals surface area contributed by atoms with E-state index in [9.17, 15) is 4.79 Å². The number of hydrogen-bond acceptors (Lipinski definition) is 3. The largest absolute Gasteiger partial charge is 0.364 e. The van der Waals surface area contributed by atoms with Gasteiger partial charge in [-0.1, -0.05) is 36.4 Å². The van der Waals surface area contributed by atoms with Crippen molar-refractivity contribution in [3.05, 3.63) is 77.4 Å².